The number of aliphatic imine (C=N–C) groups is 1. The van der Waals surface area contributed by atoms with Gasteiger partial charge < -0.3 is 25.4 Å². The Morgan fingerprint density at radius 3 is 2.61 bits per heavy atom. The normalized spacial score (nSPS) is 15.2. The number of likely N-dealkylation sites (N-methyl/N-ethyl adjacent to an activating group) is 1. The molecule has 1 aromatic rings. The third-order valence-electron chi connectivity index (χ3n) is 4.73. The van der Waals surface area contributed by atoms with E-state index >= 15 is 0 Å². The summed E-state index contributed by atoms with van der Waals surface area (Å²) >= 11 is 0. The number of ether oxygens (including phenoxy) is 2. The molecule has 31 heavy (non-hydrogen) atoms. The van der Waals surface area contributed by atoms with Gasteiger partial charge in [-0.1, -0.05) is 52.7 Å². The van der Waals surface area contributed by atoms with Crippen molar-refractivity contribution in [2.45, 2.75) is 66.1 Å². The molecule has 1 aliphatic heterocycles. The van der Waals surface area contributed by atoms with Crippen LogP contribution in [-0.4, -0.2) is 44.3 Å². The maximum atomic E-state index is 12.0. The van der Waals surface area contributed by atoms with Gasteiger partial charge in [0.2, 0.25) is 6.41 Å². The molecule has 0 saturated heterocycles. The van der Waals surface area contributed by atoms with Crippen molar-refractivity contribution in [2.24, 2.45) is 10.7 Å². The maximum absolute atomic E-state index is 12.0. The summed E-state index contributed by atoms with van der Waals surface area (Å²) in [6.07, 6.45) is 4.12. The third kappa shape index (κ3) is 7.38. The summed E-state index contributed by atoms with van der Waals surface area (Å²) in [6, 6.07) is 6.40. The number of carbonyl (C=O) groups excluding carboxylic acids is 1. The van der Waals surface area contributed by atoms with Crippen molar-refractivity contribution in [3.8, 4) is 5.75 Å². The number of hydrogen-bond acceptors (Lipinski definition) is 7. The van der Waals surface area contributed by atoms with E-state index in [4.69, 9.17) is 15.2 Å². The van der Waals surface area contributed by atoms with Gasteiger partial charge in [0.1, 0.15) is 11.6 Å². The first-order valence-electron chi connectivity index (χ1n) is 11.1. The Labute approximate surface area is 186 Å². The van der Waals surface area contributed by atoms with Crippen molar-refractivity contribution in [3.05, 3.63) is 40.8 Å². The Morgan fingerprint density at radius 2 is 2.03 bits per heavy atom. The minimum Gasteiger partial charge on any atom is -0.496 e. The molecule has 0 aromatic heterocycles. The SMILES string of the molecule is CC.CCCCOC1=NC(N(C=O)Cc2ccc(CCC)cc2OC)C(NC)=C(N)N1. The van der Waals surface area contributed by atoms with E-state index in [1.807, 2.05) is 26.0 Å². The number of aryl methyl sites for hydroxylation is 1. The first-order chi connectivity index (χ1) is 15.1. The fraction of sp³-hybridized carbons (Fsp3) is 0.565. The highest BCUT2D eigenvalue weighted by Crippen LogP contribution is 2.25. The summed E-state index contributed by atoms with van der Waals surface area (Å²) in [5, 5.41) is 5.99. The van der Waals surface area contributed by atoms with Crippen molar-refractivity contribution in [3.63, 3.8) is 0 Å². The third-order valence-corrected chi connectivity index (χ3v) is 4.73. The Bertz CT molecular complexity index is 749. The van der Waals surface area contributed by atoms with Crippen molar-refractivity contribution in [1.29, 1.82) is 0 Å². The lowest BCUT2D eigenvalue weighted by molar-refractivity contribution is -0.120. The van der Waals surface area contributed by atoms with E-state index < -0.39 is 6.17 Å². The number of hydrogen-bond donors (Lipinski definition) is 3. The predicted molar refractivity (Wildman–Crippen MR) is 125 cm³/mol. The zero-order valence-corrected chi connectivity index (χ0v) is 19.8. The number of amides is 1. The molecular formula is C23H39N5O3. The molecule has 4 N–H and O–H groups in total. The number of nitrogens with zero attached hydrogens (tertiary/aromatic N) is 2. The molecule has 0 aliphatic carbocycles. The molecule has 174 valence electrons. The molecule has 1 aromatic carbocycles. The van der Waals surface area contributed by atoms with E-state index in [0.717, 1.165) is 43.4 Å². The number of benzene rings is 1. The molecule has 0 fully saturated rings. The minimum absolute atomic E-state index is 0.317. The Morgan fingerprint density at radius 1 is 1.29 bits per heavy atom. The van der Waals surface area contributed by atoms with Gasteiger partial charge in [-0.25, -0.2) is 4.99 Å². The molecular weight excluding hydrogens is 394 g/mol. The number of nitrogens with one attached hydrogen (secondary N) is 2. The first kappa shape index (κ1) is 26.1. The quantitative estimate of drug-likeness (QED) is 0.366. The summed E-state index contributed by atoms with van der Waals surface area (Å²) in [5.74, 6) is 1.14. The van der Waals surface area contributed by atoms with E-state index in [-0.39, 0.29) is 0 Å². The van der Waals surface area contributed by atoms with Gasteiger partial charge in [0.25, 0.3) is 6.02 Å². The van der Waals surface area contributed by atoms with Gasteiger partial charge in [-0.3, -0.25) is 10.1 Å². The summed E-state index contributed by atoms with van der Waals surface area (Å²) in [6.45, 7) is 9.09. The van der Waals surface area contributed by atoms with Gasteiger partial charge in [-0.15, -0.1) is 0 Å². The number of amidine groups is 1. The van der Waals surface area contributed by atoms with Crippen LogP contribution < -0.4 is 21.1 Å². The van der Waals surface area contributed by atoms with Crippen LogP contribution in [0.4, 0.5) is 0 Å². The highest BCUT2D eigenvalue weighted by Gasteiger charge is 2.29. The van der Waals surface area contributed by atoms with E-state index in [9.17, 15) is 4.79 Å². The van der Waals surface area contributed by atoms with Gasteiger partial charge in [0.15, 0.2) is 6.17 Å². The molecule has 8 nitrogen and oxygen atoms in total. The van der Waals surface area contributed by atoms with Gasteiger partial charge in [0.05, 0.1) is 26.0 Å². The lowest BCUT2D eigenvalue weighted by Gasteiger charge is -2.32. The van der Waals surface area contributed by atoms with Gasteiger partial charge in [0, 0.05) is 12.6 Å². The van der Waals surface area contributed by atoms with Crippen LogP contribution in [0.5, 0.6) is 5.75 Å². The first-order valence-corrected chi connectivity index (χ1v) is 11.1. The maximum Gasteiger partial charge on any atom is 0.292 e. The fourth-order valence-corrected chi connectivity index (χ4v) is 3.16. The smallest absolute Gasteiger partial charge is 0.292 e. The van der Waals surface area contributed by atoms with E-state index in [1.54, 1.807) is 19.1 Å². The number of rotatable bonds is 11. The summed E-state index contributed by atoms with van der Waals surface area (Å²) in [7, 11) is 3.39. The Hall–Kier alpha value is -2.90. The summed E-state index contributed by atoms with van der Waals surface area (Å²) < 4.78 is 11.2. The second-order valence-corrected chi connectivity index (χ2v) is 6.89. The largest absolute Gasteiger partial charge is 0.496 e. The molecule has 8 heteroatoms. The van der Waals surface area contributed by atoms with Crippen LogP contribution in [-0.2, 0) is 22.5 Å². The van der Waals surface area contributed by atoms with Crippen molar-refractivity contribution in [1.82, 2.24) is 15.5 Å². The zero-order valence-electron chi connectivity index (χ0n) is 19.8. The van der Waals surface area contributed by atoms with Gasteiger partial charge in [-0.05, 0) is 24.5 Å². The van der Waals surface area contributed by atoms with Gasteiger partial charge in [-0.2, -0.15) is 0 Å². The molecule has 0 bridgehead atoms. The van der Waals surface area contributed by atoms with Crippen LogP contribution in [0.1, 0.15) is 58.1 Å². The van der Waals surface area contributed by atoms with Crippen molar-refractivity contribution < 1.29 is 14.3 Å². The molecule has 1 heterocycles. The van der Waals surface area contributed by atoms with Crippen molar-refractivity contribution in [2.75, 3.05) is 20.8 Å². The van der Waals surface area contributed by atoms with Crippen LogP contribution in [0.25, 0.3) is 0 Å². The Balaban J connectivity index is 0.00000233. The van der Waals surface area contributed by atoms with Crippen LogP contribution in [0, 0.1) is 0 Å². The summed E-state index contributed by atoms with van der Waals surface area (Å²) in [5.41, 5.74) is 8.86. The summed E-state index contributed by atoms with van der Waals surface area (Å²) in [4.78, 5) is 18.1. The Kier molecular flexibility index (Phi) is 11.9. The van der Waals surface area contributed by atoms with Crippen molar-refractivity contribution >= 4 is 12.4 Å². The lowest BCUT2D eigenvalue weighted by atomic mass is 10.1. The molecule has 1 aliphatic rings. The lowest BCUT2D eigenvalue weighted by Crippen LogP contribution is -2.47. The van der Waals surface area contributed by atoms with Crippen LogP contribution in [0.3, 0.4) is 0 Å². The molecule has 1 unspecified atom stereocenters. The molecule has 1 amide bonds. The molecule has 1 atom stereocenters. The average molecular weight is 434 g/mol. The average Bonchev–Trinajstić information content (AvgIpc) is 2.79. The van der Waals surface area contributed by atoms with Crippen LogP contribution >= 0.6 is 0 Å². The number of nitrogens with two attached hydrogens (primary N) is 1. The highest BCUT2D eigenvalue weighted by atomic mass is 16.5. The van der Waals surface area contributed by atoms with E-state index in [2.05, 4.69) is 35.5 Å². The highest BCUT2D eigenvalue weighted by molar-refractivity contribution is 5.77. The predicted octanol–water partition coefficient (Wildman–Crippen LogP) is 3.08. The fourth-order valence-electron chi connectivity index (χ4n) is 3.16. The number of unbranched alkanes of at least 4 members (excludes halogenated alkanes) is 1. The standard InChI is InChI=1S/C21H33N5O3.C2H6/c1-5-7-11-29-21-24-19(22)18(23-3)20(25-21)26(14-27)13-16-10-9-15(8-6-2)12-17(16)28-4;1-2/h9-10,12,14,20,23H,5-8,11,13,22H2,1-4H3,(H,24,25);1-2H3. The molecule has 2 rings (SSSR count). The topological polar surface area (TPSA) is 101 Å². The second-order valence-electron chi connectivity index (χ2n) is 6.89. The minimum atomic E-state index is -0.615. The van der Waals surface area contributed by atoms with E-state index in [1.165, 1.54) is 5.56 Å². The van der Waals surface area contributed by atoms with Crippen LogP contribution in [0.15, 0.2) is 34.7 Å². The van der Waals surface area contributed by atoms with E-state index in [0.29, 0.717) is 30.7 Å². The molecule has 0 spiro atoms. The number of methoxy groups -OCH3 is 1. The zero-order chi connectivity index (χ0) is 23.2. The van der Waals surface area contributed by atoms with Crippen LogP contribution in [0.2, 0.25) is 0 Å². The monoisotopic (exact) mass is 433 g/mol. The number of carbonyl (C=O) groups is 1. The van der Waals surface area contributed by atoms with Gasteiger partial charge >= 0.3 is 0 Å². The second kappa shape index (κ2) is 14.2. The molecule has 0 saturated carbocycles. The molecule has 0 radical (unpaired) electrons.